The van der Waals surface area contributed by atoms with Crippen molar-refractivity contribution in [1.29, 1.82) is 5.26 Å². The molecular weight excluding hydrogens is 412 g/mol. The Balaban J connectivity index is 1.76. The van der Waals surface area contributed by atoms with Gasteiger partial charge in [0.05, 0.1) is 28.9 Å². The van der Waals surface area contributed by atoms with E-state index >= 15 is 0 Å². The maximum atomic E-state index is 10.1. The van der Waals surface area contributed by atoms with Crippen molar-refractivity contribution in [2.24, 2.45) is 0 Å². The number of anilines is 1. The van der Waals surface area contributed by atoms with Gasteiger partial charge in [-0.25, -0.2) is 0 Å². The third-order valence-corrected chi connectivity index (χ3v) is 6.34. The fourth-order valence-corrected chi connectivity index (χ4v) is 4.45. The number of halogens is 1. The number of aromatic hydroxyl groups is 1. The van der Waals surface area contributed by atoms with Gasteiger partial charge in [-0.15, -0.1) is 0 Å². The summed E-state index contributed by atoms with van der Waals surface area (Å²) >= 11 is 6.19. The maximum absolute atomic E-state index is 10.1. The summed E-state index contributed by atoms with van der Waals surface area (Å²) in [4.78, 5) is 4.47. The number of hydrogen-bond acceptors (Lipinski definition) is 6. The van der Waals surface area contributed by atoms with Crippen LogP contribution in [0.25, 0.3) is 22.0 Å². The van der Waals surface area contributed by atoms with Crippen LogP contribution >= 0.6 is 11.6 Å². The van der Waals surface area contributed by atoms with Gasteiger partial charge in [-0.3, -0.25) is 4.98 Å². The molecule has 31 heavy (non-hydrogen) atoms. The Labute approximate surface area is 186 Å². The van der Waals surface area contributed by atoms with Crippen LogP contribution in [0.15, 0.2) is 36.5 Å². The van der Waals surface area contributed by atoms with E-state index < -0.39 is 0 Å². The largest absolute Gasteiger partial charge is 0.503 e. The molecule has 0 radical (unpaired) electrons. The Hall–Kier alpha value is -3.01. The summed E-state index contributed by atoms with van der Waals surface area (Å²) in [5.74, 6) is 0.229. The predicted octanol–water partition coefficient (Wildman–Crippen LogP) is 5.08. The number of methoxy groups -OCH3 is 1. The number of fused-ring (bicyclic) bond motifs is 1. The molecular formula is C24H25ClN4O2. The van der Waals surface area contributed by atoms with Gasteiger partial charge in [-0.1, -0.05) is 17.7 Å². The standard InChI is InChI=1S/C24H25ClN4O2/c1-27-17-4-6-18(7-5-17)29-23-16(12-26)13-28-21-8-3-14(9-19(21)23)15-10-20(25)24(30)22(11-15)31-2/h3,8-11,13,17-18,27,30H,4-7H2,1-2H3,(H,28,29). The highest BCUT2D eigenvalue weighted by Crippen LogP contribution is 2.39. The van der Waals surface area contributed by atoms with Crippen LogP contribution in [-0.4, -0.2) is 36.3 Å². The van der Waals surface area contributed by atoms with Crippen molar-refractivity contribution in [3.8, 4) is 28.7 Å². The van der Waals surface area contributed by atoms with Crippen LogP contribution in [0.5, 0.6) is 11.5 Å². The molecule has 7 heteroatoms. The number of nitrogens with zero attached hydrogens (tertiary/aromatic N) is 2. The van der Waals surface area contributed by atoms with Gasteiger partial charge >= 0.3 is 0 Å². The Morgan fingerprint density at radius 3 is 2.55 bits per heavy atom. The molecule has 0 aliphatic heterocycles. The van der Waals surface area contributed by atoms with Crippen molar-refractivity contribution < 1.29 is 9.84 Å². The van der Waals surface area contributed by atoms with Crippen molar-refractivity contribution in [2.45, 2.75) is 37.8 Å². The van der Waals surface area contributed by atoms with Crippen molar-refractivity contribution in [3.63, 3.8) is 0 Å². The number of ether oxygens (including phenoxy) is 1. The van der Waals surface area contributed by atoms with Gasteiger partial charge in [0.15, 0.2) is 11.5 Å². The highest BCUT2D eigenvalue weighted by molar-refractivity contribution is 6.32. The summed E-state index contributed by atoms with van der Waals surface area (Å²) in [6.45, 7) is 0. The Morgan fingerprint density at radius 1 is 1.13 bits per heavy atom. The molecule has 0 unspecified atom stereocenters. The fourth-order valence-electron chi connectivity index (χ4n) is 4.24. The maximum Gasteiger partial charge on any atom is 0.176 e. The average Bonchev–Trinajstić information content (AvgIpc) is 2.81. The number of aromatic nitrogens is 1. The molecule has 1 fully saturated rings. The minimum atomic E-state index is -0.0818. The number of benzene rings is 2. The first-order valence-corrected chi connectivity index (χ1v) is 10.8. The molecule has 3 N–H and O–H groups in total. The summed E-state index contributed by atoms with van der Waals surface area (Å²) in [6.07, 6.45) is 5.94. The number of nitrogens with one attached hydrogen (secondary N) is 2. The third-order valence-electron chi connectivity index (χ3n) is 6.05. The molecule has 4 rings (SSSR count). The lowest BCUT2D eigenvalue weighted by Gasteiger charge is -2.30. The van der Waals surface area contributed by atoms with E-state index in [4.69, 9.17) is 16.3 Å². The SMILES string of the molecule is CNC1CCC(Nc2c(C#N)cnc3ccc(-c4cc(Cl)c(O)c(OC)c4)cc23)CC1. The minimum absolute atomic E-state index is 0.0818. The lowest BCUT2D eigenvalue weighted by Crippen LogP contribution is -2.35. The molecule has 6 nitrogen and oxygen atoms in total. The van der Waals surface area contributed by atoms with E-state index in [2.05, 4.69) is 21.7 Å². The first-order chi connectivity index (χ1) is 15.0. The summed E-state index contributed by atoms with van der Waals surface area (Å²) in [6, 6.07) is 12.5. The topological polar surface area (TPSA) is 90.2 Å². The quantitative estimate of drug-likeness (QED) is 0.516. The normalized spacial score (nSPS) is 18.5. The predicted molar refractivity (Wildman–Crippen MR) is 124 cm³/mol. The zero-order valence-corrected chi connectivity index (χ0v) is 18.3. The summed E-state index contributed by atoms with van der Waals surface area (Å²) in [5.41, 5.74) is 3.86. The molecule has 1 saturated carbocycles. The number of pyridine rings is 1. The fraction of sp³-hybridized carbons (Fsp3) is 0.333. The van der Waals surface area contributed by atoms with Gasteiger partial charge in [-0.2, -0.15) is 5.26 Å². The van der Waals surface area contributed by atoms with Crippen LogP contribution in [0.1, 0.15) is 31.2 Å². The lowest BCUT2D eigenvalue weighted by atomic mass is 9.90. The summed E-state index contributed by atoms with van der Waals surface area (Å²) in [7, 11) is 3.50. The zero-order valence-electron chi connectivity index (χ0n) is 17.6. The average molecular weight is 437 g/mol. The Bertz CT molecular complexity index is 1150. The molecule has 2 aromatic carbocycles. The van der Waals surface area contributed by atoms with E-state index in [0.717, 1.165) is 53.4 Å². The van der Waals surface area contributed by atoms with E-state index in [0.29, 0.717) is 23.4 Å². The number of hydrogen-bond donors (Lipinski definition) is 3. The molecule has 1 aliphatic carbocycles. The van der Waals surface area contributed by atoms with E-state index in [9.17, 15) is 10.4 Å². The molecule has 1 aliphatic rings. The monoisotopic (exact) mass is 436 g/mol. The molecule has 1 aromatic heterocycles. The van der Waals surface area contributed by atoms with Crippen LogP contribution in [0.4, 0.5) is 5.69 Å². The molecule has 0 saturated heterocycles. The number of rotatable bonds is 5. The van der Waals surface area contributed by atoms with Crippen LogP contribution in [0.3, 0.4) is 0 Å². The Morgan fingerprint density at radius 2 is 1.87 bits per heavy atom. The molecule has 0 atom stereocenters. The second-order valence-electron chi connectivity index (χ2n) is 7.88. The summed E-state index contributed by atoms with van der Waals surface area (Å²) < 4.78 is 5.25. The van der Waals surface area contributed by atoms with Crippen molar-refractivity contribution in [2.75, 3.05) is 19.5 Å². The minimum Gasteiger partial charge on any atom is -0.503 e. The first-order valence-electron chi connectivity index (χ1n) is 10.4. The molecule has 160 valence electrons. The highest BCUT2D eigenvalue weighted by Gasteiger charge is 2.22. The smallest absolute Gasteiger partial charge is 0.176 e. The van der Waals surface area contributed by atoms with Gasteiger partial charge in [0.25, 0.3) is 0 Å². The Kier molecular flexibility index (Phi) is 6.17. The third kappa shape index (κ3) is 4.25. The van der Waals surface area contributed by atoms with E-state index in [-0.39, 0.29) is 10.8 Å². The van der Waals surface area contributed by atoms with E-state index in [1.54, 1.807) is 18.3 Å². The van der Waals surface area contributed by atoms with Gasteiger partial charge in [0.1, 0.15) is 6.07 Å². The summed E-state index contributed by atoms with van der Waals surface area (Å²) in [5, 5.41) is 27.9. The van der Waals surface area contributed by atoms with Crippen molar-refractivity contribution in [1.82, 2.24) is 10.3 Å². The van der Waals surface area contributed by atoms with Crippen molar-refractivity contribution >= 4 is 28.2 Å². The van der Waals surface area contributed by atoms with E-state index in [1.807, 2.05) is 25.2 Å². The van der Waals surface area contributed by atoms with Crippen LogP contribution < -0.4 is 15.4 Å². The highest BCUT2D eigenvalue weighted by atomic mass is 35.5. The first kappa shape index (κ1) is 21.2. The number of phenolic OH excluding ortho intramolecular Hbond substituents is 1. The second-order valence-corrected chi connectivity index (χ2v) is 8.29. The van der Waals surface area contributed by atoms with Gasteiger partial charge in [-0.05, 0) is 68.1 Å². The van der Waals surface area contributed by atoms with Gasteiger partial charge in [0.2, 0.25) is 0 Å². The van der Waals surface area contributed by atoms with Gasteiger partial charge in [0, 0.05) is 23.7 Å². The molecule has 0 spiro atoms. The van der Waals surface area contributed by atoms with Crippen molar-refractivity contribution in [3.05, 3.63) is 47.1 Å². The number of phenols is 1. The molecule has 3 aromatic rings. The van der Waals surface area contributed by atoms with Crippen LogP contribution in [-0.2, 0) is 0 Å². The molecule has 0 amide bonds. The zero-order chi connectivity index (χ0) is 22.0. The lowest BCUT2D eigenvalue weighted by molar-refractivity contribution is 0.371. The number of nitriles is 1. The van der Waals surface area contributed by atoms with Crippen LogP contribution in [0, 0.1) is 11.3 Å². The molecule has 0 bridgehead atoms. The molecule has 1 heterocycles. The van der Waals surface area contributed by atoms with Gasteiger partial charge < -0.3 is 20.5 Å². The van der Waals surface area contributed by atoms with Crippen LogP contribution in [0.2, 0.25) is 5.02 Å². The van der Waals surface area contributed by atoms with E-state index in [1.165, 1.54) is 7.11 Å². The second kappa shape index (κ2) is 9.01.